The molecule has 1 aromatic rings. The minimum absolute atomic E-state index is 0.300. The molecule has 0 unspecified atom stereocenters. The molecule has 0 aliphatic carbocycles. The van der Waals surface area contributed by atoms with E-state index < -0.39 is 41.2 Å². The summed E-state index contributed by atoms with van der Waals surface area (Å²) in [4.78, 5) is 0. The Balaban J connectivity index is 3.58. The zero-order chi connectivity index (χ0) is 13.4. The Morgan fingerprint density at radius 1 is 0.941 bits per heavy atom. The molecule has 0 spiro atoms. The summed E-state index contributed by atoms with van der Waals surface area (Å²) in [5.74, 6) is -1.05. The maximum atomic E-state index is 12.5. The molecule has 1 rings (SSSR count). The predicted octanol–water partition coefficient (Wildman–Crippen LogP) is 3.99. The third kappa shape index (κ3) is 2.83. The lowest BCUT2D eigenvalue weighted by molar-refractivity contribution is -0.144. The highest BCUT2D eigenvalue weighted by Gasteiger charge is 2.40. The van der Waals surface area contributed by atoms with E-state index in [0.717, 1.165) is 0 Å². The predicted molar refractivity (Wildman–Crippen MR) is 47.5 cm³/mol. The Labute approximate surface area is 92.7 Å². The molecule has 7 heteroatoms. The molecule has 0 aromatic heterocycles. The molecule has 96 valence electrons. The largest absolute Gasteiger partial charge is 0.508 e. The molecule has 0 saturated carbocycles. The van der Waals surface area contributed by atoms with Crippen LogP contribution in [0.2, 0.25) is 0 Å². The van der Waals surface area contributed by atoms with Crippen molar-refractivity contribution in [3.63, 3.8) is 0 Å². The minimum Gasteiger partial charge on any atom is -0.508 e. The number of phenols is 1. The van der Waals surface area contributed by atoms with Crippen molar-refractivity contribution >= 4 is 0 Å². The zero-order valence-electron chi connectivity index (χ0n) is 8.58. The molecule has 17 heavy (non-hydrogen) atoms. The number of benzene rings is 1. The lowest BCUT2D eigenvalue weighted by Crippen LogP contribution is -2.16. The first-order valence-corrected chi connectivity index (χ1v) is 4.57. The van der Waals surface area contributed by atoms with Crippen LogP contribution in [-0.4, -0.2) is 5.11 Å². The van der Waals surface area contributed by atoms with Crippen LogP contribution in [0.25, 0.3) is 0 Å². The van der Waals surface area contributed by atoms with Gasteiger partial charge in [-0.25, -0.2) is 0 Å². The molecule has 0 bridgehead atoms. The van der Waals surface area contributed by atoms with Crippen molar-refractivity contribution in [1.82, 2.24) is 0 Å². The first-order valence-electron chi connectivity index (χ1n) is 4.57. The number of phenolic OH excluding ortho intramolecular Hbond substituents is 1. The molecule has 1 aromatic carbocycles. The lowest BCUT2D eigenvalue weighted by Gasteiger charge is -2.18. The van der Waals surface area contributed by atoms with Gasteiger partial charge in [0.15, 0.2) is 0 Å². The standard InChI is InChI=1S/C10H8F6O/c1-2-6-7(9(11,12)13)3-5(17)4-8(6)10(14,15)16/h3-4,17H,2H2,1H3. The van der Waals surface area contributed by atoms with Gasteiger partial charge < -0.3 is 5.11 Å². The summed E-state index contributed by atoms with van der Waals surface area (Å²) < 4.78 is 75.0. The maximum Gasteiger partial charge on any atom is 0.416 e. The third-order valence-corrected chi connectivity index (χ3v) is 2.20. The summed E-state index contributed by atoms with van der Waals surface area (Å²) in [7, 11) is 0. The number of halogens is 6. The van der Waals surface area contributed by atoms with E-state index in [1.807, 2.05) is 0 Å². The van der Waals surface area contributed by atoms with Crippen molar-refractivity contribution in [2.75, 3.05) is 0 Å². The first-order chi connectivity index (χ1) is 7.57. The molecular formula is C10H8F6O. The van der Waals surface area contributed by atoms with E-state index >= 15 is 0 Å². The molecule has 0 heterocycles. The number of hydrogen-bond acceptors (Lipinski definition) is 1. The highest BCUT2D eigenvalue weighted by atomic mass is 19.4. The van der Waals surface area contributed by atoms with Crippen molar-refractivity contribution in [3.05, 3.63) is 28.8 Å². The average molecular weight is 258 g/mol. The van der Waals surface area contributed by atoms with Gasteiger partial charge in [0.05, 0.1) is 11.1 Å². The molecule has 0 saturated heterocycles. The topological polar surface area (TPSA) is 20.2 Å². The van der Waals surface area contributed by atoms with Gasteiger partial charge in [-0.2, -0.15) is 26.3 Å². The van der Waals surface area contributed by atoms with E-state index in [1.165, 1.54) is 6.92 Å². The minimum atomic E-state index is -4.93. The number of rotatable bonds is 1. The Kier molecular flexibility index (Phi) is 3.31. The van der Waals surface area contributed by atoms with Crippen LogP contribution in [0.4, 0.5) is 26.3 Å². The Morgan fingerprint density at radius 3 is 1.53 bits per heavy atom. The SMILES string of the molecule is CCc1c(C(F)(F)F)cc(O)cc1C(F)(F)F. The van der Waals surface area contributed by atoms with E-state index in [-0.39, 0.29) is 0 Å². The van der Waals surface area contributed by atoms with Gasteiger partial charge in [-0.3, -0.25) is 0 Å². The molecule has 1 nitrogen and oxygen atoms in total. The van der Waals surface area contributed by atoms with Gasteiger partial charge in [0.25, 0.3) is 0 Å². The highest BCUT2D eigenvalue weighted by Crippen LogP contribution is 2.41. The molecule has 0 aliphatic heterocycles. The van der Waals surface area contributed by atoms with E-state index in [4.69, 9.17) is 5.11 Å². The van der Waals surface area contributed by atoms with E-state index in [1.54, 1.807) is 0 Å². The molecule has 0 fully saturated rings. The summed E-state index contributed by atoms with van der Waals surface area (Å²) in [6.45, 7) is 1.19. The lowest BCUT2D eigenvalue weighted by atomic mass is 9.97. The van der Waals surface area contributed by atoms with Crippen LogP contribution in [0.15, 0.2) is 12.1 Å². The van der Waals surface area contributed by atoms with Crippen molar-refractivity contribution in [2.24, 2.45) is 0 Å². The summed E-state index contributed by atoms with van der Waals surface area (Å²) in [5, 5.41) is 8.94. The second-order valence-electron chi connectivity index (χ2n) is 3.37. The summed E-state index contributed by atoms with van der Waals surface area (Å²) in [6, 6.07) is 0.599. The van der Waals surface area contributed by atoms with Crippen molar-refractivity contribution in [3.8, 4) is 5.75 Å². The number of alkyl halides is 6. The Bertz CT molecular complexity index is 383. The van der Waals surface area contributed by atoms with E-state index in [0.29, 0.717) is 12.1 Å². The Morgan fingerprint density at radius 2 is 1.29 bits per heavy atom. The normalized spacial score (nSPS) is 12.9. The summed E-state index contributed by atoms with van der Waals surface area (Å²) in [6.07, 6.45) is -10.3. The summed E-state index contributed by atoms with van der Waals surface area (Å²) in [5.41, 5.74) is -3.76. The van der Waals surface area contributed by atoms with Crippen LogP contribution >= 0.6 is 0 Å². The van der Waals surface area contributed by atoms with Crippen LogP contribution in [0.3, 0.4) is 0 Å². The van der Waals surface area contributed by atoms with Gasteiger partial charge in [0, 0.05) is 0 Å². The quantitative estimate of drug-likeness (QED) is 0.755. The highest BCUT2D eigenvalue weighted by molar-refractivity contribution is 5.44. The fraction of sp³-hybridized carbons (Fsp3) is 0.400. The second kappa shape index (κ2) is 4.12. The van der Waals surface area contributed by atoms with Gasteiger partial charge in [-0.05, 0) is 24.1 Å². The fourth-order valence-electron chi connectivity index (χ4n) is 1.54. The van der Waals surface area contributed by atoms with Crippen molar-refractivity contribution < 1.29 is 31.4 Å². The van der Waals surface area contributed by atoms with Crippen LogP contribution in [0.1, 0.15) is 23.6 Å². The van der Waals surface area contributed by atoms with E-state index in [9.17, 15) is 26.3 Å². The maximum absolute atomic E-state index is 12.5. The van der Waals surface area contributed by atoms with Gasteiger partial charge in [-0.15, -0.1) is 0 Å². The van der Waals surface area contributed by atoms with Gasteiger partial charge in [-0.1, -0.05) is 6.92 Å². The Hall–Kier alpha value is -1.40. The zero-order valence-corrected chi connectivity index (χ0v) is 8.58. The molecule has 1 N–H and O–H groups in total. The fourth-order valence-corrected chi connectivity index (χ4v) is 1.54. The molecule has 0 amide bonds. The third-order valence-electron chi connectivity index (χ3n) is 2.20. The monoisotopic (exact) mass is 258 g/mol. The second-order valence-corrected chi connectivity index (χ2v) is 3.37. The molecule has 0 radical (unpaired) electrons. The van der Waals surface area contributed by atoms with E-state index in [2.05, 4.69) is 0 Å². The molecule has 0 aliphatic rings. The first kappa shape index (κ1) is 13.7. The number of hydrogen-bond donors (Lipinski definition) is 1. The van der Waals surface area contributed by atoms with Gasteiger partial charge in [0.1, 0.15) is 5.75 Å². The number of aromatic hydroxyl groups is 1. The van der Waals surface area contributed by atoms with Gasteiger partial charge in [0.2, 0.25) is 0 Å². The molecule has 0 atom stereocenters. The summed E-state index contributed by atoms with van der Waals surface area (Å²) >= 11 is 0. The average Bonchev–Trinajstić information content (AvgIpc) is 2.13. The van der Waals surface area contributed by atoms with Gasteiger partial charge >= 0.3 is 12.4 Å². The van der Waals surface area contributed by atoms with Crippen molar-refractivity contribution in [1.29, 1.82) is 0 Å². The van der Waals surface area contributed by atoms with Crippen LogP contribution in [0.5, 0.6) is 5.75 Å². The van der Waals surface area contributed by atoms with Crippen LogP contribution in [-0.2, 0) is 18.8 Å². The smallest absolute Gasteiger partial charge is 0.416 e. The van der Waals surface area contributed by atoms with Crippen LogP contribution < -0.4 is 0 Å². The van der Waals surface area contributed by atoms with Crippen LogP contribution in [0, 0.1) is 0 Å². The molecular weight excluding hydrogens is 250 g/mol. The van der Waals surface area contributed by atoms with Crippen molar-refractivity contribution in [2.45, 2.75) is 25.7 Å².